The fraction of sp³-hybridized carbons (Fsp3) is 0.348. The molecule has 0 unspecified atom stereocenters. The van der Waals surface area contributed by atoms with Gasteiger partial charge in [-0.2, -0.15) is 0 Å². The lowest BCUT2D eigenvalue weighted by Crippen LogP contribution is -2.46. The molecule has 8 heteroatoms. The predicted molar refractivity (Wildman–Crippen MR) is 120 cm³/mol. The minimum Gasteiger partial charge on any atom is -0.497 e. The van der Waals surface area contributed by atoms with Gasteiger partial charge in [-0.25, -0.2) is 0 Å². The van der Waals surface area contributed by atoms with Crippen molar-refractivity contribution in [3.05, 3.63) is 48.5 Å². The summed E-state index contributed by atoms with van der Waals surface area (Å²) < 4.78 is 5.17. The number of nitrogens with one attached hydrogen (secondary N) is 2. The zero-order valence-electron chi connectivity index (χ0n) is 18.1. The normalized spacial score (nSPS) is 15.7. The van der Waals surface area contributed by atoms with E-state index < -0.39 is 0 Å². The second kappa shape index (κ2) is 10.1. The van der Waals surface area contributed by atoms with Crippen molar-refractivity contribution < 1.29 is 19.1 Å². The molecule has 0 fully saturated rings. The number of hydrogen-bond acceptors (Lipinski definition) is 5. The number of nitrogens with zero attached hydrogens (tertiary/aromatic N) is 2. The molecule has 0 radical (unpaired) electrons. The molecular weight excluding hydrogens is 396 g/mol. The van der Waals surface area contributed by atoms with Crippen molar-refractivity contribution in [2.75, 3.05) is 42.3 Å². The van der Waals surface area contributed by atoms with Gasteiger partial charge in [0, 0.05) is 24.2 Å². The zero-order chi connectivity index (χ0) is 22.4. The van der Waals surface area contributed by atoms with Crippen LogP contribution in [0.2, 0.25) is 0 Å². The lowest BCUT2D eigenvalue weighted by Gasteiger charge is -2.30. The largest absolute Gasteiger partial charge is 0.497 e. The number of likely N-dealkylation sites (N-methyl/N-ethyl adjacent to an activating group) is 1. The number of fused-ring (bicyclic) bond motifs is 1. The Morgan fingerprint density at radius 3 is 2.71 bits per heavy atom. The first-order valence-electron chi connectivity index (χ1n) is 10.3. The highest BCUT2D eigenvalue weighted by atomic mass is 16.5. The van der Waals surface area contributed by atoms with Crippen LogP contribution in [0.4, 0.5) is 17.1 Å². The summed E-state index contributed by atoms with van der Waals surface area (Å²) >= 11 is 0. The Morgan fingerprint density at radius 1 is 1.19 bits per heavy atom. The third kappa shape index (κ3) is 5.61. The summed E-state index contributed by atoms with van der Waals surface area (Å²) in [5.41, 5.74) is 1.91. The van der Waals surface area contributed by atoms with Crippen molar-refractivity contribution in [1.29, 1.82) is 0 Å². The fourth-order valence-electron chi connectivity index (χ4n) is 3.62. The Hall–Kier alpha value is -3.39. The lowest BCUT2D eigenvalue weighted by atomic mass is 10.1. The summed E-state index contributed by atoms with van der Waals surface area (Å²) in [6, 6.07) is 14.1. The Bertz CT molecular complexity index is 962. The smallest absolute Gasteiger partial charge is 0.241 e. The molecule has 0 aromatic heterocycles. The molecule has 3 amide bonds. The first kappa shape index (κ1) is 22.3. The molecule has 3 rings (SSSR count). The summed E-state index contributed by atoms with van der Waals surface area (Å²) in [6.07, 6.45) is 0.211. The van der Waals surface area contributed by atoms with Crippen molar-refractivity contribution in [2.24, 2.45) is 0 Å². The van der Waals surface area contributed by atoms with Gasteiger partial charge in [0.25, 0.3) is 0 Å². The molecule has 2 aromatic carbocycles. The lowest BCUT2D eigenvalue weighted by molar-refractivity contribution is -0.121. The first-order chi connectivity index (χ1) is 14.9. The van der Waals surface area contributed by atoms with Gasteiger partial charge in [-0.1, -0.05) is 25.1 Å². The molecule has 1 aliphatic rings. The van der Waals surface area contributed by atoms with Gasteiger partial charge in [0.05, 0.1) is 31.6 Å². The van der Waals surface area contributed by atoms with Crippen molar-refractivity contribution in [3.63, 3.8) is 0 Å². The van der Waals surface area contributed by atoms with Crippen molar-refractivity contribution in [3.8, 4) is 5.75 Å². The molecule has 31 heavy (non-hydrogen) atoms. The van der Waals surface area contributed by atoms with Gasteiger partial charge < -0.3 is 20.3 Å². The molecule has 0 saturated heterocycles. The van der Waals surface area contributed by atoms with E-state index in [0.717, 1.165) is 0 Å². The molecule has 8 nitrogen and oxygen atoms in total. The highest BCUT2D eigenvalue weighted by Crippen LogP contribution is 2.31. The highest BCUT2D eigenvalue weighted by molar-refractivity contribution is 6.05. The number of methoxy groups -OCH3 is 1. The summed E-state index contributed by atoms with van der Waals surface area (Å²) in [7, 11) is 1.57. The number of carbonyl (C=O) groups excluding carboxylic acids is 3. The standard InChI is InChI=1S/C23H28N4O4/c1-4-26(14-22(29)24-17-8-7-9-18(13-17)31-3)15-23(30)27-16(2)12-21(28)25-19-10-5-6-11-20(19)27/h5-11,13,16H,4,12,14-15H2,1-3H3,(H,24,29)(H,25,28)/t16-/m0/s1. The molecule has 1 aliphatic heterocycles. The Labute approximate surface area is 182 Å². The van der Waals surface area contributed by atoms with Crippen LogP contribution < -0.4 is 20.3 Å². The SMILES string of the molecule is CCN(CC(=O)Nc1cccc(OC)c1)CC(=O)N1c2ccccc2NC(=O)C[C@@H]1C. The van der Waals surface area contributed by atoms with E-state index in [1.54, 1.807) is 47.2 Å². The minimum atomic E-state index is -0.291. The van der Waals surface area contributed by atoms with E-state index in [1.807, 2.05) is 32.0 Å². The van der Waals surface area contributed by atoms with Gasteiger partial charge in [-0.05, 0) is 37.7 Å². The van der Waals surface area contributed by atoms with Gasteiger partial charge >= 0.3 is 0 Å². The van der Waals surface area contributed by atoms with Gasteiger partial charge in [0.2, 0.25) is 17.7 Å². The second-order valence-corrected chi connectivity index (χ2v) is 7.47. The maximum absolute atomic E-state index is 13.2. The van der Waals surface area contributed by atoms with E-state index in [9.17, 15) is 14.4 Å². The van der Waals surface area contributed by atoms with E-state index >= 15 is 0 Å². The number of anilines is 3. The van der Waals surface area contributed by atoms with Crippen molar-refractivity contribution in [1.82, 2.24) is 4.90 Å². The van der Waals surface area contributed by atoms with Crippen LogP contribution in [0.5, 0.6) is 5.75 Å². The number of benzene rings is 2. The second-order valence-electron chi connectivity index (χ2n) is 7.47. The van der Waals surface area contributed by atoms with Crippen LogP contribution >= 0.6 is 0 Å². The Balaban J connectivity index is 1.68. The maximum Gasteiger partial charge on any atom is 0.241 e. The van der Waals surface area contributed by atoms with E-state index in [0.29, 0.717) is 29.4 Å². The number of amides is 3. The number of para-hydroxylation sites is 2. The highest BCUT2D eigenvalue weighted by Gasteiger charge is 2.30. The summed E-state index contributed by atoms with van der Waals surface area (Å²) in [4.78, 5) is 41.3. The molecule has 1 heterocycles. The number of ether oxygens (including phenoxy) is 1. The van der Waals surface area contributed by atoms with Gasteiger partial charge in [-0.3, -0.25) is 19.3 Å². The van der Waals surface area contributed by atoms with E-state index in [4.69, 9.17) is 4.74 Å². The van der Waals surface area contributed by atoms with Crippen molar-refractivity contribution >= 4 is 34.8 Å². The molecule has 1 atom stereocenters. The van der Waals surface area contributed by atoms with E-state index in [2.05, 4.69) is 10.6 Å². The summed E-state index contributed by atoms with van der Waals surface area (Å²) in [5, 5.41) is 5.69. The van der Waals surface area contributed by atoms with Gasteiger partial charge in [-0.15, -0.1) is 0 Å². The van der Waals surface area contributed by atoms with E-state index in [-0.39, 0.29) is 43.3 Å². The molecule has 2 aromatic rings. The van der Waals surface area contributed by atoms with Crippen LogP contribution in [-0.4, -0.2) is 55.4 Å². The van der Waals surface area contributed by atoms with Crippen LogP contribution in [0, 0.1) is 0 Å². The van der Waals surface area contributed by atoms with Gasteiger partial charge in [0.15, 0.2) is 0 Å². The van der Waals surface area contributed by atoms with Crippen molar-refractivity contribution in [2.45, 2.75) is 26.3 Å². The number of rotatable bonds is 7. The summed E-state index contributed by atoms with van der Waals surface area (Å²) in [5.74, 6) is 0.147. The number of hydrogen-bond donors (Lipinski definition) is 2. The quantitative estimate of drug-likeness (QED) is 0.713. The molecule has 0 bridgehead atoms. The topological polar surface area (TPSA) is 91.0 Å². The minimum absolute atomic E-state index is 0.0644. The van der Waals surface area contributed by atoms with Crippen LogP contribution in [-0.2, 0) is 14.4 Å². The first-order valence-corrected chi connectivity index (χ1v) is 10.3. The maximum atomic E-state index is 13.2. The Kier molecular flexibility index (Phi) is 7.25. The third-order valence-corrected chi connectivity index (χ3v) is 5.15. The average Bonchev–Trinajstić information content (AvgIpc) is 2.87. The molecule has 0 aliphatic carbocycles. The van der Waals surface area contributed by atoms with E-state index in [1.165, 1.54) is 0 Å². The fourth-order valence-corrected chi connectivity index (χ4v) is 3.62. The average molecular weight is 425 g/mol. The van der Waals surface area contributed by atoms with Crippen LogP contribution in [0.15, 0.2) is 48.5 Å². The Morgan fingerprint density at radius 2 is 1.97 bits per heavy atom. The molecule has 0 spiro atoms. The molecule has 2 N–H and O–H groups in total. The van der Waals surface area contributed by atoms with Gasteiger partial charge in [0.1, 0.15) is 5.75 Å². The summed E-state index contributed by atoms with van der Waals surface area (Å²) in [6.45, 7) is 4.41. The monoisotopic (exact) mass is 424 g/mol. The van der Waals surface area contributed by atoms with Crippen LogP contribution in [0.25, 0.3) is 0 Å². The molecular formula is C23H28N4O4. The van der Waals surface area contributed by atoms with Crippen LogP contribution in [0.1, 0.15) is 20.3 Å². The number of carbonyl (C=O) groups is 3. The predicted octanol–water partition coefficient (Wildman–Crippen LogP) is 2.72. The van der Waals surface area contributed by atoms with Crippen LogP contribution in [0.3, 0.4) is 0 Å². The third-order valence-electron chi connectivity index (χ3n) is 5.15. The zero-order valence-corrected chi connectivity index (χ0v) is 18.1. The molecule has 0 saturated carbocycles. The molecule has 164 valence electrons.